The zero-order valence-electron chi connectivity index (χ0n) is 19.7. The van der Waals surface area contributed by atoms with Gasteiger partial charge in [-0.05, 0) is 43.3 Å². The molecule has 37 heavy (non-hydrogen) atoms. The summed E-state index contributed by atoms with van der Waals surface area (Å²) >= 11 is 12.2. The molecule has 0 fully saturated rings. The SMILES string of the molecule is C=C(Cl)C(=O)Nc1cc2c(Nc3ccc(OCc4ccccn4)c(Cl)c3)c(C#N)cnc2cc1OCC. The van der Waals surface area contributed by atoms with Crippen molar-refractivity contribution in [3.8, 4) is 17.6 Å². The number of carbonyl (C=O) groups excluding carboxylic acids is 1. The first-order chi connectivity index (χ1) is 17.9. The van der Waals surface area contributed by atoms with Crippen molar-refractivity contribution in [1.29, 1.82) is 5.26 Å². The van der Waals surface area contributed by atoms with Gasteiger partial charge >= 0.3 is 0 Å². The van der Waals surface area contributed by atoms with E-state index in [0.29, 0.717) is 56.7 Å². The lowest BCUT2D eigenvalue weighted by molar-refractivity contribution is -0.112. The number of fused-ring (bicyclic) bond motifs is 1. The summed E-state index contributed by atoms with van der Waals surface area (Å²) < 4.78 is 11.5. The van der Waals surface area contributed by atoms with E-state index in [1.54, 1.807) is 36.5 Å². The number of amides is 1. The quantitative estimate of drug-likeness (QED) is 0.234. The Hall–Kier alpha value is -4.32. The van der Waals surface area contributed by atoms with Crippen LogP contribution in [0.4, 0.5) is 17.1 Å². The first-order valence-corrected chi connectivity index (χ1v) is 11.9. The summed E-state index contributed by atoms with van der Waals surface area (Å²) in [7, 11) is 0. The second kappa shape index (κ2) is 11.6. The Balaban J connectivity index is 1.68. The maximum absolute atomic E-state index is 12.2. The number of pyridine rings is 2. The number of hydrogen-bond acceptors (Lipinski definition) is 7. The highest BCUT2D eigenvalue weighted by atomic mass is 35.5. The van der Waals surface area contributed by atoms with E-state index in [4.69, 9.17) is 32.7 Å². The maximum Gasteiger partial charge on any atom is 0.266 e. The lowest BCUT2D eigenvalue weighted by Gasteiger charge is -2.16. The van der Waals surface area contributed by atoms with Gasteiger partial charge in [-0.3, -0.25) is 14.8 Å². The molecule has 2 N–H and O–H groups in total. The van der Waals surface area contributed by atoms with Crippen LogP contribution in [0.5, 0.6) is 11.5 Å². The second-order valence-corrected chi connectivity index (χ2v) is 8.56. The number of carbonyl (C=O) groups is 1. The standard InChI is InChI=1S/C27H21Cl2N5O3/c1-3-36-25-12-22-20(11-23(25)34-27(35)16(2)28)26(17(13-30)14-32-22)33-18-7-8-24(21(29)10-18)37-15-19-6-4-5-9-31-19/h4-12,14H,2-3,15H2,1H3,(H,32,33)(H,34,35). The molecule has 0 spiro atoms. The Morgan fingerprint density at radius 2 is 1.97 bits per heavy atom. The molecule has 0 unspecified atom stereocenters. The lowest BCUT2D eigenvalue weighted by Crippen LogP contribution is -2.12. The summed E-state index contributed by atoms with van der Waals surface area (Å²) in [4.78, 5) is 20.8. The van der Waals surface area contributed by atoms with Gasteiger partial charge < -0.3 is 20.1 Å². The van der Waals surface area contributed by atoms with Gasteiger partial charge in [-0.2, -0.15) is 5.26 Å². The van der Waals surface area contributed by atoms with E-state index in [9.17, 15) is 10.1 Å². The van der Waals surface area contributed by atoms with Crippen molar-refractivity contribution in [3.63, 3.8) is 0 Å². The third kappa shape index (κ3) is 6.09. The largest absolute Gasteiger partial charge is 0.492 e. The molecule has 0 aliphatic rings. The van der Waals surface area contributed by atoms with Crippen molar-refractivity contribution in [2.75, 3.05) is 17.2 Å². The summed E-state index contributed by atoms with van der Waals surface area (Å²) in [6.07, 6.45) is 3.16. The van der Waals surface area contributed by atoms with Gasteiger partial charge in [0.25, 0.3) is 5.91 Å². The Kier molecular flexibility index (Phi) is 8.08. The number of nitriles is 1. The molecule has 1 amide bonds. The molecule has 0 saturated heterocycles. The van der Waals surface area contributed by atoms with E-state index in [0.717, 1.165) is 5.69 Å². The summed E-state index contributed by atoms with van der Waals surface area (Å²) in [6, 6.07) is 16.3. The lowest BCUT2D eigenvalue weighted by atomic mass is 10.1. The molecular weight excluding hydrogens is 513 g/mol. The van der Waals surface area contributed by atoms with E-state index < -0.39 is 5.91 Å². The number of benzene rings is 2. The van der Waals surface area contributed by atoms with Crippen LogP contribution in [0, 0.1) is 11.3 Å². The zero-order valence-corrected chi connectivity index (χ0v) is 21.2. The third-order valence-electron chi connectivity index (χ3n) is 5.19. The first-order valence-electron chi connectivity index (χ1n) is 11.1. The fourth-order valence-electron chi connectivity index (χ4n) is 3.48. The van der Waals surface area contributed by atoms with Gasteiger partial charge in [0.1, 0.15) is 24.2 Å². The second-order valence-electron chi connectivity index (χ2n) is 7.70. The molecule has 10 heteroatoms. The van der Waals surface area contributed by atoms with Crippen molar-refractivity contribution in [2.24, 2.45) is 0 Å². The van der Waals surface area contributed by atoms with Crippen LogP contribution in [0.3, 0.4) is 0 Å². The monoisotopic (exact) mass is 533 g/mol. The molecule has 0 radical (unpaired) electrons. The molecule has 2 aromatic heterocycles. The topological polar surface area (TPSA) is 109 Å². The van der Waals surface area contributed by atoms with Gasteiger partial charge in [-0.25, -0.2) is 0 Å². The summed E-state index contributed by atoms with van der Waals surface area (Å²) in [5.74, 6) is 0.321. The predicted octanol–water partition coefficient (Wildman–Crippen LogP) is 6.57. The summed E-state index contributed by atoms with van der Waals surface area (Å²) in [5.41, 5.74) is 3.07. The van der Waals surface area contributed by atoms with Crippen molar-refractivity contribution in [3.05, 3.63) is 88.8 Å². The van der Waals surface area contributed by atoms with Crippen molar-refractivity contribution < 1.29 is 14.3 Å². The molecule has 0 atom stereocenters. The van der Waals surface area contributed by atoms with Crippen LogP contribution in [0.2, 0.25) is 5.02 Å². The molecule has 0 aliphatic heterocycles. The van der Waals surface area contributed by atoms with Crippen LogP contribution in [-0.2, 0) is 11.4 Å². The van der Waals surface area contributed by atoms with Gasteiger partial charge in [0.2, 0.25) is 0 Å². The average Bonchev–Trinajstić information content (AvgIpc) is 2.89. The Morgan fingerprint density at radius 3 is 2.65 bits per heavy atom. The highest BCUT2D eigenvalue weighted by Gasteiger charge is 2.17. The number of nitrogens with zero attached hydrogens (tertiary/aromatic N) is 3. The maximum atomic E-state index is 12.2. The fourth-order valence-corrected chi connectivity index (χ4v) is 3.76. The highest BCUT2D eigenvalue weighted by molar-refractivity contribution is 6.43. The summed E-state index contributed by atoms with van der Waals surface area (Å²) in [6.45, 7) is 5.91. The number of aromatic nitrogens is 2. The number of halogens is 2. The van der Waals surface area contributed by atoms with Gasteiger partial charge in [-0.15, -0.1) is 0 Å². The van der Waals surface area contributed by atoms with E-state index >= 15 is 0 Å². The van der Waals surface area contributed by atoms with Crippen LogP contribution in [0.25, 0.3) is 10.9 Å². The Morgan fingerprint density at radius 1 is 1.14 bits per heavy atom. The number of anilines is 3. The van der Waals surface area contributed by atoms with E-state index in [-0.39, 0.29) is 11.6 Å². The third-order valence-corrected chi connectivity index (χ3v) is 5.65. The molecule has 4 aromatic rings. The Labute approximate surface area is 223 Å². The highest BCUT2D eigenvalue weighted by Crippen LogP contribution is 2.37. The Bertz CT molecular complexity index is 1520. The molecule has 2 heterocycles. The fraction of sp³-hybridized carbons (Fsp3) is 0.111. The predicted molar refractivity (Wildman–Crippen MR) is 145 cm³/mol. The van der Waals surface area contributed by atoms with E-state index in [2.05, 4.69) is 33.2 Å². The zero-order chi connectivity index (χ0) is 26.4. The minimum Gasteiger partial charge on any atom is -0.492 e. The average molecular weight is 534 g/mol. The van der Waals surface area contributed by atoms with Crippen LogP contribution >= 0.6 is 23.2 Å². The van der Waals surface area contributed by atoms with Crippen molar-refractivity contribution in [2.45, 2.75) is 13.5 Å². The normalized spacial score (nSPS) is 10.4. The number of rotatable bonds is 9. The molecule has 0 saturated carbocycles. The molecule has 4 rings (SSSR count). The first kappa shape index (κ1) is 25.8. The van der Waals surface area contributed by atoms with Gasteiger partial charge in [0.15, 0.2) is 0 Å². The number of nitrogens with one attached hydrogen (secondary N) is 2. The smallest absolute Gasteiger partial charge is 0.266 e. The van der Waals surface area contributed by atoms with Gasteiger partial charge in [0, 0.05) is 29.5 Å². The molecule has 2 aromatic carbocycles. The van der Waals surface area contributed by atoms with Gasteiger partial charge in [-0.1, -0.05) is 35.8 Å². The minimum atomic E-state index is -0.575. The molecule has 186 valence electrons. The van der Waals surface area contributed by atoms with Crippen molar-refractivity contribution in [1.82, 2.24) is 9.97 Å². The van der Waals surface area contributed by atoms with Gasteiger partial charge in [0.05, 0.1) is 44.8 Å². The summed E-state index contributed by atoms with van der Waals surface area (Å²) in [5, 5.41) is 16.5. The van der Waals surface area contributed by atoms with Crippen LogP contribution in [-0.4, -0.2) is 22.5 Å². The molecule has 0 bridgehead atoms. The van der Waals surface area contributed by atoms with Crippen LogP contribution in [0.15, 0.2) is 72.5 Å². The molecule has 8 nitrogen and oxygen atoms in total. The van der Waals surface area contributed by atoms with Crippen LogP contribution in [0.1, 0.15) is 18.2 Å². The van der Waals surface area contributed by atoms with Crippen molar-refractivity contribution >= 4 is 57.1 Å². The van der Waals surface area contributed by atoms with E-state index in [1.165, 1.54) is 6.20 Å². The number of ether oxygens (including phenoxy) is 2. The van der Waals surface area contributed by atoms with Crippen LogP contribution < -0.4 is 20.1 Å². The van der Waals surface area contributed by atoms with E-state index in [1.807, 2.05) is 25.1 Å². The number of hydrogen-bond donors (Lipinski definition) is 2. The molecular formula is C27H21Cl2N5O3. The molecule has 0 aliphatic carbocycles. The minimum absolute atomic E-state index is 0.176.